The summed E-state index contributed by atoms with van der Waals surface area (Å²) in [6.45, 7) is 1.99. The van der Waals surface area contributed by atoms with E-state index in [4.69, 9.17) is 5.73 Å². The Kier molecular flexibility index (Phi) is 8.09. The third-order valence-corrected chi connectivity index (χ3v) is 6.57. The predicted molar refractivity (Wildman–Crippen MR) is 153 cm³/mol. The summed E-state index contributed by atoms with van der Waals surface area (Å²) in [5.74, 6) is -0.242. The maximum absolute atomic E-state index is 12.8. The number of rotatable bonds is 7. The van der Waals surface area contributed by atoms with Crippen LogP contribution in [0.15, 0.2) is 85.1 Å². The molecule has 0 saturated carbocycles. The van der Waals surface area contributed by atoms with Crippen molar-refractivity contribution in [3.8, 4) is 22.4 Å². The van der Waals surface area contributed by atoms with Gasteiger partial charge in [0, 0.05) is 30.4 Å². The summed E-state index contributed by atoms with van der Waals surface area (Å²) >= 11 is 0. The molecule has 1 aliphatic rings. The van der Waals surface area contributed by atoms with E-state index in [1.54, 1.807) is 6.20 Å². The van der Waals surface area contributed by atoms with Gasteiger partial charge in [-0.15, -0.1) is 0 Å². The van der Waals surface area contributed by atoms with E-state index in [9.17, 15) is 9.59 Å². The second-order valence-electron chi connectivity index (χ2n) is 9.46. The van der Waals surface area contributed by atoms with Gasteiger partial charge in [0.25, 0.3) is 5.91 Å². The number of nitrogen functional groups attached to an aromatic ring is 1. The molecule has 0 radical (unpaired) electrons. The molecule has 9 nitrogen and oxygen atoms in total. The number of aromatic nitrogens is 2. The molecule has 0 unspecified atom stereocenters. The highest BCUT2D eigenvalue weighted by Gasteiger charge is 2.20. The first-order chi connectivity index (χ1) is 19.0. The molecule has 39 heavy (non-hydrogen) atoms. The third-order valence-electron chi connectivity index (χ3n) is 6.57. The van der Waals surface area contributed by atoms with Gasteiger partial charge in [0.1, 0.15) is 0 Å². The van der Waals surface area contributed by atoms with E-state index in [1.807, 2.05) is 78.9 Å². The second kappa shape index (κ2) is 12.2. The van der Waals surface area contributed by atoms with Crippen LogP contribution in [0.25, 0.3) is 22.4 Å². The zero-order valence-electron chi connectivity index (χ0n) is 21.5. The van der Waals surface area contributed by atoms with Crippen LogP contribution in [-0.2, 0) is 6.54 Å². The minimum absolute atomic E-state index is 0.0402. The molecule has 0 aliphatic carbocycles. The van der Waals surface area contributed by atoms with Crippen LogP contribution in [-0.4, -0.2) is 41.0 Å². The molecule has 1 saturated heterocycles. The first-order valence-electron chi connectivity index (χ1n) is 13.0. The van der Waals surface area contributed by atoms with E-state index < -0.39 is 0 Å². The number of benzene rings is 3. The summed E-state index contributed by atoms with van der Waals surface area (Å²) in [5, 5.41) is 12.0. The fourth-order valence-corrected chi connectivity index (χ4v) is 4.51. The molecule has 6 N–H and O–H groups in total. The fraction of sp³-hybridized carbons (Fsp3) is 0.200. The zero-order chi connectivity index (χ0) is 27.0. The Hall–Kier alpha value is -4.76. The first kappa shape index (κ1) is 25.9. The maximum Gasteiger partial charge on any atom is 0.319 e. The third kappa shape index (κ3) is 6.77. The molecule has 4 aromatic rings. The van der Waals surface area contributed by atoms with E-state index in [0.717, 1.165) is 48.2 Å². The highest BCUT2D eigenvalue weighted by molar-refractivity contribution is 5.97. The highest BCUT2D eigenvalue weighted by Crippen LogP contribution is 2.22. The largest absolute Gasteiger partial charge is 0.382 e. The van der Waals surface area contributed by atoms with Gasteiger partial charge in [-0.1, -0.05) is 60.7 Å². The number of hydrogen-bond acceptors (Lipinski definition) is 6. The van der Waals surface area contributed by atoms with Crippen LogP contribution in [0.2, 0.25) is 0 Å². The second-order valence-corrected chi connectivity index (χ2v) is 9.46. The number of nitrogens with one attached hydrogen (secondary N) is 4. The van der Waals surface area contributed by atoms with Crippen molar-refractivity contribution < 1.29 is 9.59 Å². The van der Waals surface area contributed by atoms with E-state index in [-0.39, 0.29) is 29.5 Å². The van der Waals surface area contributed by atoms with Crippen LogP contribution in [0, 0.1) is 0 Å². The van der Waals surface area contributed by atoms with Crippen molar-refractivity contribution in [2.45, 2.75) is 25.4 Å². The van der Waals surface area contributed by atoms with Crippen molar-refractivity contribution in [1.82, 2.24) is 25.9 Å². The number of amides is 3. The molecule has 1 aromatic heterocycles. The minimum atomic E-state index is -0.332. The monoisotopic (exact) mass is 521 g/mol. The lowest BCUT2D eigenvalue weighted by molar-refractivity contribution is 0.0926. The summed E-state index contributed by atoms with van der Waals surface area (Å²) < 4.78 is 0. The molecule has 1 atom stereocenters. The van der Waals surface area contributed by atoms with Gasteiger partial charge < -0.3 is 27.0 Å². The Labute approximate surface area is 227 Å². The number of carbonyl (C=O) groups excluding carboxylic acids is 2. The molecule has 0 spiro atoms. The van der Waals surface area contributed by atoms with Gasteiger partial charge in [-0.05, 0) is 54.3 Å². The van der Waals surface area contributed by atoms with E-state index >= 15 is 0 Å². The summed E-state index contributed by atoms with van der Waals surface area (Å²) in [7, 11) is 0. The zero-order valence-corrected chi connectivity index (χ0v) is 21.5. The van der Waals surface area contributed by atoms with Crippen molar-refractivity contribution in [3.63, 3.8) is 0 Å². The van der Waals surface area contributed by atoms with Crippen LogP contribution in [0.4, 0.5) is 16.3 Å². The molecule has 1 fully saturated rings. The van der Waals surface area contributed by atoms with Crippen molar-refractivity contribution in [1.29, 1.82) is 0 Å². The average Bonchev–Trinajstić information content (AvgIpc) is 2.98. The Balaban J connectivity index is 1.20. The topological polar surface area (TPSA) is 134 Å². The van der Waals surface area contributed by atoms with Crippen LogP contribution >= 0.6 is 0 Å². The number of urea groups is 1. The summed E-state index contributed by atoms with van der Waals surface area (Å²) in [5.41, 5.74) is 11.2. The normalized spacial score (nSPS) is 14.8. The summed E-state index contributed by atoms with van der Waals surface area (Å²) in [4.78, 5) is 34.0. The van der Waals surface area contributed by atoms with Gasteiger partial charge in [-0.3, -0.25) is 4.79 Å². The SMILES string of the molecule is Nc1ncc(-c2cccc(CNC(=O)Nc3ccc(-c4ccccc4)cc3)c2)nc1C(=O)N[C@H]1CCCNC1. The van der Waals surface area contributed by atoms with Crippen LogP contribution in [0.3, 0.4) is 0 Å². The first-order valence-corrected chi connectivity index (χ1v) is 13.0. The van der Waals surface area contributed by atoms with Crippen molar-refractivity contribution >= 4 is 23.4 Å². The molecule has 5 rings (SSSR count). The standard InChI is InChI=1S/C30H31N7O2/c31-28-27(29(38)35-25-10-5-15-32-18-25)37-26(19-33-28)23-9-4-6-20(16-23)17-34-30(39)36-24-13-11-22(12-14-24)21-7-2-1-3-8-21/h1-4,6-9,11-14,16,19,25,32H,5,10,15,17-18H2,(H2,31,33)(H,35,38)(H2,34,36,39)/t25-/m0/s1. The van der Waals surface area contributed by atoms with Gasteiger partial charge >= 0.3 is 6.03 Å². The smallest absolute Gasteiger partial charge is 0.319 e. The van der Waals surface area contributed by atoms with Crippen LogP contribution in [0.5, 0.6) is 0 Å². The maximum atomic E-state index is 12.8. The molecule has 1 aliphatic heterocycles. The lowest BCUT2D eigenvalue weighted by Crippen LogP contribution is -2.46. The van der Waals surface area contributed by atoms with Crippen LogP contribution in [0.1, 0.15) is 28.9 Å². The highest BCUT2D eigenvalue weighted by atomic mass is 16.2. The molecule has 2 heterocycles. The molecular formula is C30H31N7O2. The lowest BCUT2D eigenvalue weighted by atomic mass is 10.1. The van der Waals surface area contributed by atoms with E-state index in [0.29, 0.717) is 17.9 Å². The van der Waals surface area contributed by atoms with E-state index in [2.05, 4.69) is 31.2 Å². The predicted octanol–water partition coefficient (Wildman–Crippen LogP) is 4.20. The van der Waals surface area contributed by atoms with Gasteiger partial charge in [0.15, 0.2) is 11.5 Å². The molecule has 3 amide bonds. The van der Waals surface area contributed by atoms with Gasteiger partial charge in [0.05, 0.1) is 11.9 Å². The molecular weight excluding hydrogens is 490 g/mol. The van der Waals surface area contributed by atoms with Crippen molar-refractivity contribution in [2.24, 2.45) is 0 Å². The lowest BCUT2D eigenvalue weighted by Gasteiger charge is -2.23. The fourth-order valence-electron chi connectivity index (χ4n) is 4.51. The minimum Gasteiger partial charge on any atom is -0.382 e. The molecule has 198 valence electrons. The Morgan fingerprint density at radius 2 is 1.72 bits per heavy atom. The van der Waals surface area contributed by atoms with Gasteiger partial charge in [-0.2, -0.15) is 0 Å². The van der Waals surface area contributed by atoms with Crippen molar-refractivity contribution in [2.75, 3.05) is 24.1 Å². The molecule has 0 bridgehead atoms. The van der Waals surface area contributed by atoms with Gasteiger partial charge in [-0.25, -0.2) is 14.8 Å². The number of nitrogens with zero attached hydrogens (tertiary/aromatic N) is 2. The quantitative estimate of drug-likeness (QED) is 0.248. The van der Waals surface area contributed by atoms with Crippen LogP contribution < -0.4 is 27.0 Å². The van der Waals surface area contributed by atoms with E-state index in [1.165, 1.54) is 0 Å². The number of hydrogen-bond donors (Lipinski definition) is 5. The Morgan fingerprint density at radius 1 is 0.949 bits per heavy atom. The molecule has 3 aromatic carbocycles. The molecule has 9 heteroatoms. The number of piperidine rings is 1. The van der Waals surface area contributed by atoms with Crippen molar-refractivity contribution in [3.05, 3.63) is 96.3 Å². The summed E-state index contributed by atoms with van der Waals surface area (Å²) in [6.07, 6.45) is 3.46. The number of anilines is 2. The Bertz CT molecular complexity index is 1440. The van der Waals surface area contributed by atoms with Gasteiger partial charge in [0.2, 0.25) is 0 Å². The Morgan fingerprint density at radius 3 is 2.49 bits per heavy atom. The summed E-state index contributed by atoms with van der Waals surface area (Å²) in [6, 6.07) is 25.1. The number of nitrogens with two attached hydrogens (primary N) is 1. The average molecular weight is 522 g/mol. The number of carbonyl (C=O) groups is 2.